The predicted octanol–water partition coefficient (Wildman–Crippen LogP) is 6.20. The number of carbonyl (C=O) groups excluding carboxylic acids is 1. The minimum absolute atomic E-state index is 0.0259. The molecule has 1 aliphatic rings. The molecule has 1 N–H and O–H groups in total. The molecule has 2 nitrogen and oxygen atoms in total. The van der Waals surface area contributed by atoms with Gasteiger partial charge in [0.15, 0.2) is 0 Å². The number of allylic oxidation sites excluding steroid dienone is 2. The minimum Gasteiger partial charge on any atom is -0.325 e. The van der Waals surface area contributed by atoms with E-state index in [1.807, 2.05) is 61.5 Å². The third kappa shape index (κ3) is 3.99. The quantitative estimate of drug-likeness (QED) is 0.501. The summed E-state index contributed by atoms with van der Waals surface area (Å²) in [5, 5.41) is 2.84. The second-order valence-corrected chi connectivity index (χ2v) is 8.96. The summed E-state index contributed by atoms with van der Waals surface area (Å²) in [6, 6.07) is 17.9. The van der Waals surface area contributed by atoms with Crippen LogP contribution in [-0.4, -0.2) is 16.0 Å². The number of anilines is 1. The van der Waals surface area contributed by atoms with Crippen LogP contribution in [0.3, 0.4) is 0 Å². The molecule has 0 saturated carbocycles. The molecule has 0 aromatic heterocycles. The van der Waals surface area contributed by atoms with Crippen LogP contribution in [0.2, 0.25) is 0 Å². The van der Waals surface area contributed by atoms with Gasteiger partial charge in [-0.25, -0.2) is 0 Å². The highest BCUT2D eigenvalue weighted by Gasteiger charge is 2.48. The van der Waals surface area contributed by atoms with Crippen LogP contribution in [0.1, 0.15) is 32.3 Å². The molecule has 1 aliphatic carbocycles. The van der Waals surface area contributed by atoms with Crippen molar-refractivity contribution in [3.8, 4) is 0 Å². The maximum absolute atomic E-state index is 13.4. The number of benzene rings is 2. The Morgan fingerprint density at radius 1 is 1.04 bits per heavy atom. The van der Waals surface area contributed by atoms with Crippen LogP contribution >= 0.6 is 23.4 Å². The Hall–Kier alpha value is -1.71. The number of nitrogens with one attached hydrogen (secondary N) is 1. The average molecular weight is 386 g/mol. The molecule has 0 unspecified atom stereocenters. The molecule has 0 radical (unpaired) electrons. The number of halogens is 1. The average Bonchev–Trinajstić information content (AvgIpc) is 2.62. The molecule has 0 spiro atoms. The number of carbonyl (C=O) groups is 1. The van der Waals surface area contributed by atoms with Gasteiger partial charge in [0, 0.05) is 10.6 Å². The van der Waals surface area contributed by atoms with Gasteiger partial charge in [-0.1, -0.05) is 47.0 Å². The zero-order valence-corrected chi connectivity index (χ0v) is 17.0. The molecule has 26 heavy (non-hydrogen) atoms. The summed E-state index contributed by atoms with van der Waals surface area (Å²) in [6.07, 6.45) is 1.39. The summed E-state index contributed by atoms with van der Waals surface area (Å²) < 4.78 is -0.725. The lowest BCUT2D eigenvalue weighted by molar-refractivity contribution is -0.118. The molecule has 136 valence electrons. The number of aryl methyl sites for hydroxylation is 1. The highest BCUT2D eigenvalue weighted by atomic mass is 35.5. The van der Waals surface area contributed by atoms with E-state index in [1.54, 1.807) is 11.8 Å². The van der Waals surface area contributed by atoms with E-state index in [9.17, 15) is 4.79 Å². The van der Waals surface area contributed by atoms with Crippen molar-refractivity contribution >= 4 is 35.0 Å². The number of hydrogen-bond acceptors (Lipinski definition) is 2. The Kier molecular flexibility index (Phi) is 5.79. The van der Waals surface area contributed by atoms with E-state index in [1.165, 1.54) is 16.7 Å². The number of hydrogen-bond donors (Lipinski definition) is 1. The molecule has 4 heteroatoms. The summed E-state index contributed by atoms with van der Waals surface area (Å²) in [4.78, 5) is 14.5. The standard InChI is InChI=1S/C22H24ClNOS/c1-15-9-11-18(12-10-15)24-21(25)22(26-19-7-5-4-6-8-19)14-17(3)16(2)13-20(22)23/h4-12,20H,13-14H2,1-3H3,(H,24,25)/t20-,22+/m0/s1. The van der Waals surface area contributed by atoms with Crippen molar-refractivity contribution in [1.82, 2.24) is 0 Å². The van der Waals surface area contributed by atoms with Crippen LogP contribution < -0.4 is 5.32 Å². The SMILES string of the molecule is CC1=C(C)C[C@](Sc2ccccc2)(C(=O)Nc2ccc(C)cc2)[C@@H](Cl)C1. The molecule has 1 amide bonds. The van der Waals surface area contributed by atoms with E-state index < -0.39 is 4.75 Å². The maximum Gasteiger partial charge on any atom is 0.242 e. The molecule has 2 aromatic rings. The van der Waals surface area contributed by atoms with Crippen molar-refractivity contribution in [1.29, 1.82) is 0 Å². The first-order valence-corrected chi connectivity index (χ1v) is 10.1. The predicted molar refractivity (Wildman–Crippen MR) is 112 cm³/mol. The molecule has 2 atom stereocenters. The Balaban J connectivity index is 1.94. The summed E-state index contributed by atoms with van der Waals surface area (Å²) in [5.74, 6) is -0.0259. The van der Waals surface area contributed by atoms with Gasteiger partial charge < -0.3 is 5.32 Å². The van der Waals surface area contributed by atoms with Gasteiger partial charge in [-0.3, -0.25) is 4.79 Å². The van der Waals surface area contributed by atoms with Gasteiger partial charge >= 0.3 is 0 Å². The van der Waals surface area contributed by atoms with Gasteiger partial charge in [0.25, 0.3) is 0 Å². The van der Waals surface area contributed by atoms with Crippen molar-refractivity contribution in [3.05, 3.63) is 71.3 Å². The number of thioether (sulfide) groups is 1. The van der Waals surface area contributed by atoms with Gasteiger partial charge in [0.2, 0.25) is 5.91 Å². The van der Waals surface area contributed by atoms with Crippen LogP contribution in [-0.2, 0) is 4.79 Å². The van der Waals surface area contributed by atoms with Gasteiger partial charge in [-0.15, -0.1) is 23.4 Å². The van der Waals surface area contributed by atoms with Gasteiger partial charge in [-0.05, 0) is 57.9 Å². The first-order valence-electron chi connectivity index (χ1n) is 8.82. The van der Waals surface area contributed by atoms with E-state index in [2.05, 4.69) is 19.2 Å². The van der Waals surface area contributed by atoms with Gasteiger partial charge in [0.05, 0.1) is 5.38 Å². The molecule has 2 aromatic carbocycles. The lowest BCUT2D eigenvalue weighted by atomic mass is 9.83. The van der Waals surface area contributed by atoms with Crippen molar-refractivity contribution in [2.75, 3.05) is 5.32 Å². The third-order valence-electron chi connectivity index (χ3n) is 4.98. The smallest absolute Gasteiger partial charge is 0.242 e. The fourth-order valence-electron chi connectivity index (χ4n) is 3.20. The summed E-state index contributed by atoms with van der Waals surface area (Å²) >= 11 is 8.40. The highest BCUT2D eigenvalue weighted by molar-refractivity contribution is 8.01. The first-order chi connectivity index (χ1) is 12.4. The Morgan fingerprint density at radius 3 is 2.35 bits per heavy atom. The van der Waals surface area contributed by atoms with E-state index >= 15 is 0 Å². The Labute approximate surface area is 165 Å². The zero-order valence-electron chi connectivity index (χ0n) is 15.4. The number of alkyl halides is 1. The molecular formula is C22H24ClNOS. The normalized spacial score (nSPS) is 23.0. The van der Waals surface area contributed by atoms with Gasteiger partial charge in [0.1, 0.15) is 4.75 Å². The lowest BCUT2D eigenvalue weighted by Crippen LogP contribution is -2.49. The second kappa shape index (κ2) is 7.89. The fourth-order valence-corrected chi connectivity index (χ4v) is 5.10. The van der Waals surface area contributed by atoms with Crippen molar-refractivity contribution in [3.63, 3.8) is 0 Å². The van der Waals surface area contributed by atoms with E-state index in [4.69, 9.17) is 11.6 Å². The summed E-state index contributed by atoms with van der Waals surface area (Å²) in [6.45, 7) is 6.25. The van der Waals surface area contributed by atoms with Crippen LogP contribution in [0.4, 0.5) is 5.69 Å². The lowest BCUT2D eigenvalue weighted by Gasteiger charge is -2.40. The topological polar surface area (TPSA) is 29.1 Å². The van der Waals surface area contributed by atoms with E-state index in [0.29, 0.717) is 6.42 Å². The molecule has 3 rings (SSSR count). The van der Waals surface area contributed by atoms with Crippen LogP contribution in [0, 0.1) is 6.92 Å². The van der Waals surface area contributed by atoms with Crippen LogP contribution in [0.5, 0.6) is 0 Å². The molecule has 0 fully saturated rings. The summed E-state index contributed by atoms with van der Waals surface area (Å²) in [5.41, 5.74) is 4.52. The Morgan fingerprint density at radius 2 is 1.69 bits per heavy atom. The monoisotopic (exact) mass is 385 g/mol. The van der Waals surface area contributed by atoms with E-state index in [0.717, 1.165) is 17.0 Å². The zero-order chi connectivity index (χ0) is 18.7. The second-order valence-electron chi connectivity index (χ2n) is 7.03. The van der Waals surface area contributed by atoms with Crippen molar-refractivity contribution in [2.45, 2.75) is 48.6 Å². The number of rotatable bonds is 4. The largest absolute Gasteiger partial charge is 0.325 e. The number of amides is 1. The van der Waals surface area contributed by atoms with Crippen molar-refractivity contribution < 1.29 is 4.79 Å². The van der Waals surface area contributed by atoms with Crippen molar-refractivity contribution in [2.24, 2.45) is 0 Å². The fraction of sp³-hybridized carbons (Fsp3) is 0.318. The van der Waals surface area contributed by atoms with Crippen LogP contribution in [0.15, 0.2) is 70.6 Å². The minimum atomic E-state index is -0.725. The first kappa shape index (κ1) is 19.1. The van der Waals surface area contributed by atoms with E-state index in [-0.39, 0.29) is 11.3 Å². The molecular weight excluding hydrogens is 362 g/mol. The molecule has 0 saturated heterocycles. The molecule has 0 bridgehead atoms. The Bertz CT molecular complexity index is 816. The third-order valence-corrected chi connectivity index (χ3v) is 7.13. The molecule has 0 heterocycles. The van der Waals surface area contributed by atoms with Gasteiger partial charge in [-0.2, -0.15) is 0 Å². The maximum atomic E-state index is 13.4. The summed E-state index contributed by atoms with van der Waals surface area (Å²) in [7, 11) is 0. The molecule has 0 aliphatic heterocycles. The van der Waals surface area contributed by atoms with Crippen LogP contribution in [0.25, 0.3) is 0 Å². The highest BCUT2D eigenvalue weighted by Crippen LogP contribution is 2.48.